The number of aromatic nitrogens is 4. The lowest BCUT2D eigenvalue weighted by Gasteiger charge is -2.18. The zero-order chi connectivity index (χ0) is 21.1. The van der Waals surface area contributed by atoms with Crippen molar-refractivity contribution in [2.75, 3.05) is 5.75 Å². The van der Waals surface area contributed by atoms with Crippen LogP contribution in [-0.4, -0.2) is 25.3 Å². The van der Waals surface area contributed by atoms with Crippen LogP contribution in [0.4, 0.5) is 8.78 Å². The van der Waals surface area contributed by atoms with Gasteiger partial charge in [0.25, 0.3) is 5.78 Å². The van der Waals surface area contributed by atoms with Gasteiger partial charge in [-0.1, -0.05) is 36.0 Å². The molecule has 0 spiro atoms. The zero-order valence-electron chi connectivity index (χ0n) is 16.8. The first-order valence-electron chi connectivity index (χ1n) is 9.84. The molecule has 2 heterocycles. The number of fused-ring (bicyclic) bond motifs is 1. The van der Waals surface area contributed by atoms with E-state index < -0.39 is 0 Å². The zero-order valence-corrected chi connectivity index (χ0v) is 17.7. The fourth-order valence-corrected chi connectivity index (χ4v) is 4.61. The molecule has 2 aromatic heterocycles. The van der Waals surface area contributed by atoms with Gasteiger partial charge in [-0.2, -0.15) is 0 Å². The summed E-state index contributed by atoms with van der Waals surface area (Å²) in [5, 5.41) is 9.28. The number of thioether (sulfide) groups is 1. The number of nitrogens with zero attached hydrogens (tertiary/aromatic N) is 4. The molecule has 0 aliphatic heterocycles. The van der Waals surface area contributed by atoms with Gasteiger partial charge in [-0.05, 0) is 68.1 Å². The second kappa shape index (κ2) is 8.92. The summed E-state index contributed by atoms with van der Waals surface area (Å²) in [6.45, 7) is 3.97. The summed E-state index contributed by atoms with van der Waals surface area (Å²) in [5.74, 6) is 1.03. The lowest BCUT2D eigenvalue weighted by molar-refractivity contribution is 0.621. The minimum atomic E-state index is -0.259. The number of hydrogen-bond acceptors (Lipinski definition) is 4. The van der Waals surface area contributed by atoms with Gasteiger partial charge in [-0.15, -0.1) is 10.2 Å². The first-order chi connectivity index (χ1) is 14.5. The molecule has 4 aromatic rings. The highest BCUT2D eigenvalue weighted by Gasteiger charge is 2.16. The van der Waals surface area contributed by atoms with Gasteiger partial charge in [-0.3, -0.25) is 4.40 Å². The molecule has 0 aliphatic carbocycles. The normalized spacial score (nSPS) is 11.5. The smallest absolute Gasteiger partial charge is 0.256 e. The van der Waals surface area contributed by atoms with Crippen molar-refractivity contribution >= 4 is 17.5 Å². The monoisotopic (exact) mass is 424 g/mol. The highest BCUT2D eigenvalue weighted by Crippen LogP contribution is 2.31. The van der Waals surface area contributed by atoms with Crippen LogP contribution < -0.4 is 0 Å². The Morgan fingerprint density at radius 1 is 0.900 bits per heavy atom. The van der Waals surface area contributed by atoms with Crippen molar-refractivity contribution in [2.45, 2.75) is 37.8 Å². The van der Waals surface area contributed by atoms with Gasteiger partial charge in [0.1, 0.15) is 11.6 Å². The number of halogens is 2. The molecular weight excluding hydrogens is 402 g/mol. The maximum atomic E-state index is 13.4. The second-order valence-corrected chi connectivity index (χ2v) is 8.37. The summed E-state index contributed by atoms with van der Waals surface area (Å²) in [6, 6.07) is 15.1. The molecule has 7 heteroatoms. The predicted octanol–water partition coefficient (Wildman–Crippen LogP) is 5.72. The Labute approximate surface area is 178 Å². The molecule has 0 fully saturated rings. The molecule has 4 rings (SSSR count). The molecule has 0 saturated carbocycles. The predicted molar refractivity (Wildman–Crippen MR) is 115 cm³/mol. The third kappa shape index (κ3) is 4.51. The highest BCUT2D eigenvalue weighted by atomic mass is 32.2. The summed E-state index contributed by atoms with van der Waals surface area (Å²) < 4.78 is 28.7. The minimum absolute atomic E-state index is 0.0768. The fraction of sp³-hybridized carbons (Fsp3) is 0.261. The van der Waals surface area contributed by atoms with Crippen molar-refractivity contribution in [2.24, 2.45) is 0 Å². The van der Waals surface area contributed by atoms with Crippen molar-refractivity contribution in [3.8, 4) is 0 Å². The fourth-order valence-electron chi connectivity index (χ4n) is 3.66. The van der Waals surface area contributed by atoms with Crippen molar-refractivity contribution in [3.63, 3.8) is 0 Å². The van der Waals surface area contributed by atoms with Gasteiger partial charge in [-0.25, -0.2) is 13.8 Å². The van der Waals surface area contributed by atoms with Gasteiger partial charge < -0.3 is 0 Å². The van der Waals surface area contributed by atoms with Crippen LogP contribution in [0.15, 0.2) is 59.8 Å². The van der Waals surface area contributed by atoms with Gasteiger partial charge in [0.2, 0.25) is 0 Å². The van der Waals surface area contributed by atoms with Crippen LogP contribution >= 0.6 is 11.8 Å². The number of benzene rings is 2. The van der Waals surface area contributed by atoms with E-state index >= 15 is 0 Å². The molecule has 4 nitrogen and oxygen atoms in total. The summed E-state index contributed by atoms with van der Waals surface area (Å²) in [7, 11) is 0. The highest BCUT2D eigenvalue weighted by molar-refractivity contribution is 7.99. The van der Waals surface area contributed by atoms with Gasteiger partial charge in [0.05, 0.1) is 0 Å². The largest absolute Gasteiger partial charge is 0.259 e. The third-order valence-electron chi connectivity index (χ3n) is 5.08. The van der Waals surface area contributed by atoms with Crippen molar-refractivity contribution < 1.29 is 8.78 Å². The Balaban J connectivity index is 1.47. The Hall–Kier alpha value is -2.80. The first kappa shape index (κ1) is 20.5. The van der Waals surface area contributed by atoms with Crippen LogP contribution in [0.5, 0.6) is 0 Å². The first-order valence-corrected chi connectivity index (χ1v) is 10.8. The SMILES string of the molecule is Cc1cc(C)n2c(SCCCC(c3ccc(F)cc3)c3ccc(F)cc3)nnc2n1. The van der Waals surface area contributed by atoms with Gasteiger partial charge in [0.15, 0.2) is 5.16 Å². The maximum absolute atomic E-state index is 13.4. The van der Waals surface area contributed by atoms with E-state index in [0.29, 0.717) is 5.78 Å². The molecule has 154 valence electrons. The Bertz CT molecular complexity index is 1100. The maximum Gasteiger partial charge on any atom is 0.256 e. The van der Waals surface area contributed by atoms with Crippen molar-refractivity contribution in [3.05, 3.63) is 88.7 Å². The molecule has 0 radical (unpaired) electrons. The average Bonchev–Trinajstić information content (AvgIpc) is 3.13. The van der Waals surface area contributed by atoms with E-state index in [1.54, 1.807) is 36.0 Å². The average molecular weight is 425 g/mol. The molecule has 0 saturated heterocycles. The number of aryl methyl sites for hydroxylation is 2. The second-order valence-electron chi connectivity index (χ2n) is 7.30. The third-order valence-corrected chi connectivity index (χ3v) is 6.09. The van der Waals surface area contributed by atoms with E-state index in [-0.39, 0.29) is 17.6 Å². The summed E-state index contributed by atoms with van der Waals surface area (Å²) in [6.07, 6.45) is 1.77. The molecule has 0 atom stereocenters. The summed E-state index contributed by atoms with van der Waals surface area (Å²) in [4.78, 5) is 4.42. The lowest BCUT2D eigenvalue weighted by atomic mass is 9.88. The lowest BCUT2D eigenvalue weighted by Crippen LogP contribution is -2.03. The van der Waals surface area contributed by atoms with Crippen LogP contribution in [0, 0.1) is 25.5 Å². The van der Waals surface area contributed by atoms with Crippen molar-refractivity contribution in [1.29, 1.82) is 0 Å². The number of rotatable bonds is 7. The van der Waals surface area contributed by atoms with E-state index in [2.05, 4.69) is 15.2 Å². The Morgan fingerprint density at radius 3 is 2.10 bits per heavy atom. The molecule has 0 aliphatic rings. The van der Waals surface area contributed by atoms with E-state index in [9.17, 15) is 8.78 Å². The molecule has 30 heavy (non-hydrogen) atoms. The van der Waals surface area contributed by atoms with Gasteiger partial charge >= 0.3 is 0 Å². The standard InChI is InChI=1S/C23H22F2N4S/c1-15-14-16(2)29-22(26-15)27-28-23(29)30-13-3-4-21(17-5-9-19(24)10-6-17)18-7-11-20(25)12-8-18/h5-12,14,21H,3-4,13H2,1-2H3. The van der Waals surface area contributed by atoms with E-state index in [4.69, 9.17) is 0 Å². The molecule has 0 amide bonds. The van der Waals surface area contributed by atoms with E-state index in [0.717, 1.165) is 46.3 Å². The topological polar surface area (TPSA) is 43.1 Å². The van der Waals surface area contributed by atoms with Gasteiger partial charge in [0, 0.05) is 23.1 Å². The molecule has 0 N–H and O–H groups in total. The summed E-state index contributed by atoms with van der Waals surface area (Å²) >= 11 is 1.64. The van der Waals surface area contributed by atoms with E-state index in [1.807, 2.05) is 24.3 Å². The molecule has 0 unspecified atom stereocenters. The van der Waals surface area contributed by atoms with Crippen LogP contribution in [0.1, 0.15) is 41.3 Å². The van der Waals surface area contributed by atoms with Crippen molar-refractivity contribution in [1.82, 2.24) is 19.6 Å². The minimum Gasteiger partial charge on any atom is -0.259 e. The molecular formula is C23H22F2N4S. The number of hydrogen-bond donors (Lipinski definition) is 0. The quantitative estimate of drug-likeness (QED) is 0.281. The van der Waals surface area contributed by atoms with Crippen LogP contribution in [0.3, 0.4) is 0 Å². The van der Waals surface area contributed by atoms with Crippen LogP contribution in [-0.2, 0) is 0 Å². The van der Waals surface area contributed by atoms with Crippen LogP contribution in [0.2, 0.25) is 0 Å². The molecule has 0 bridgehead atoms. The van der Waals surface area contributed by atoms with E-state index in [1.165, 1.54) is 24.3 Å². The molecule has 2 aromatic carbocycles. The summed E-state index contributed by atoms with van der Waals surface area (Å²) in [5.41, 5.74) is 4.03. The Kier molecular flexibility index (Phi) is 6.08. The van der Waals surface area contributed by atoms with Crippen LogP contribution in [0.25, 0.3) is 5.78 Å². The Morgan fingerprint density at radius 2 is 1.50 bits per heavy atom.